The summed E-state index contributed by atoms with van der Waals surface area (Å²) in [5.74, 6) is 1.55. The molecular weight excluding hydrogens is 376 g/mol. The Balaban J connectivity index is 1.48. The third-order valence-electron chi connectivity index (χ3n) is 6.69. The number of rotatable bonds is 6. The molecule has 0 aromatic carbocycles. The lowest BCUT2D eigenvalue weighted by atomic mass is 9.85. The van der Waals surface area contributed by atoms with Crippen molar-refractivity contribution in [3.05, 3.63) is 52.9 Å². The molecule has 0 aliphatic heterocycles. The Morgan fingerprint density at radius 2 is 2.20 bits per heavy atom. The highest BCUT2D eigenvalue weighted by Gasteiger charge is 2.28. The third kappa shape index (κ3) is 3.38. The number of aryl methyl sites for hydroxylation is 1. The van der Waals surface area contributed by atoms with Crippen LogP contribution < -0.4 is 5.69 Å². The van der Waals surface area contributed by atoms with Gasteiger partial charge in [0.1, 0.15) is 5.65 Å². The van der Waals surface area contributed by atoms with Crippen LogP contribution >= 0.6 is 0 Å². The van der Waals surface area contributed by atoms with E-state index in [0.717, 1.165) is 53.5 Å². The maximum absolute atomic E-state index is 13.6. The summed E-state index contributed by atoms with van der Waals surface area (Å²) >= 11 is 0. The van der Waals surface area contributed by atoms with Crippen molar-refractivity contribution in [1.29, 1.82) is 0 Å². The lowest BCUT2D eigenvalue weighted by Gasteiger charge is -2.29. The van der Waals surface area contributed by atoms with Crippen molar-refractivity contribution in [2.75, 3.05) is 6.61 Å². The van der Waals surface area contributed by atoms with Crippen LogP contribution in [0.4, 0.5) is 0 Å². The molecule has 6 nitrogen and oxygen atoms in total. The summed E-state index contributed by atoms with van der Waals surface area (Å²) in [6.07, 6.45) is 17.5. The predicted molar refractivity (Wildman–Crippen MR) is 120 cm³/mol. The molecule has 0 spiro atoms. The number of hydrogen-bond acceptors (Lipinski definition) is 3. The van der Waals surface area contributed by atoms with Gasteiger partial charge in [-0.25, -0.2) is 9.78 Å². The number of nitrogens with zero attached hydrogens (tertiary/aromatic N) is 3. The van der Waals surface area contributed by atoms with Crippen LogP contribution in [0.5, 0.6) is 0 Å². The molecular formula is C24H30N4O2. The summed E-state index contributed by atoms with van der Waals surface area (Å²) in [5.41, 5.74) is 2.91. The van der Waals surface area contributed by atoms with Crippen LogP contribution in [-0.2, 0) is 11.3 Å². The average molecular weight is 407 g/mol. The second kappa shape index (κ2) is 8.17. The molecule has 2 atom stereocenters. The van der Waals surface area contributed by atoms with Crippen molar-refractivity contribution in [3.63, 3.8) is 0 Å². The minimum Gasteiger partial charge on any atom is -0.498 e. The molecule has 158 valence electrons. The number of pyridine rings is 1. The van der Waals surface area contributed by atoms with Gasteiger partial charge >= 0.3 is 5.69 Å². The van der Waals surface area contributed by atoms with Gasteiger partial charge in [-0.15, -0.1) is 0 Å². The quantitative estimate of drug-likeness (QED) is 0.581. The number of fused-ring (bicyclic) bond motifs is 3. The van der Waals surface area contributed by atoms with Crippen LogP contribution in [0.3, 0.4) is 0 Å². The first-order valence-corrected chi connectivity index (χ1v) is 11.3. The van der Waals surface area contributed by atoms with Crippen LogP contribution in [0.2, 0.25) is 0 Å². The second-order valence-electron chi connectivity index (χ2n) is 8.67. The molecule has 0 amide bonds. The van der Waals surface area contributed by atoms with E-state index in [0.29, 0.717) is 19.1 Å². The van der Waals surface area contributed by atoms with Gasteiger partial charge in [0.05, 0.1) is 29.6 Å². The van der Waals surface area contributed by atoms with Crippen molar-refractivity contribution in [1.82, 2.24) is 19.1 Å². The smallest absolute Gasteiger partial charge is 0.329 e. The first-order chi connectivity index (χ1) is 14.7. The fraction of sp³-hybridized carbons (Fsp3) is 0.500. The molecule has 0 saturated heterocycles. The minimum atomic E-state index is 0.0964. The Labute approximate surface area is 176 Å². The molecule has 3 aromatic heterocycles. The number of hydrogen-bond donors (Lipinski definition) is 1. The van der Waals surface area contributed by atoms with Crippen LogP contribution in [0.25, 0.3) is 22.1 Å². The largest absolute Gasteiger partial charge is 0.498 e. The first-order valence-electron chi connectivity index (χ1n) is 11.3. The van der Waals surface area contributed by atoms with Gasteiger partial charge in [-0.1, -0.05) is 31.9 Å². The van der Waals surface area contributed by atoms with E-state index in [9.17, 15) is 4.79 Å². The molecule has 5 rings (SSSR count). The molecule has 1 fully saturated rings. The van der Waals surface area contributed by atoms with E-state index in [1.54, 1.807) is 0 Å². The SMILES string of the molecule is C[C@@H]1CCCC[C@@H]1n1c(=O)n(CCCOC2=CC=CCC2)c2cnc3[nH]ccc3c21. The van der Waals surface area contributed by atoms with Gasteiger partial charge in [-0.2, -0.15) is 0 Å². The maximum Gasteiger partial charge on any atom is 0.329 e. The third-order valence-corrected chi connectivity index (χ3v) is 6.69. The molecule has 1 N–H and O–H groups in total. The highest BCUT2D eigenvalue weighted by molar-refractivity contribution is 6.01. The molecule has 2 aliphatic carbocycles. The van der Waals surface area contributed by atoms with E-state index in [-0.39, 0.29) is 11.7 Å². The van der Waals surface area contributed by atoms with Crippen LogP contribution in [0, 0.1) is 5.92 Å². The van der Waals surface area contributed by atoms with Gasteiger partial charge in [0.2, 0.25) is 0 Å². The van der Waals surface area contributed by atoms with Gasteiger partial charge in [0.15, 0.2) is 0 Å². The maximum atomic E-state index is 13.6. The molecule has 2 aliphatic rings. The van der Waals surface area contributed by atoms with Gasteiger partial charge < -0.3 is 9.72 Å². The van der Waals surface area contributed by atoms with E-state index < -0.39 is 0 Å². The number of imidazole rings is 1. The second-order valence-corrected chi connectivity index (χ2v) is 8.67. The van der Waals surface area contributed by atoms with Crippen molar-refractivity contribution < 1.29 is 4.74 Å². The number of aromatic nitrogens is 4. The fourth-order valence-corrected chi connectivity index (χ4v) is 5.09. The average Bonchev–Trinajstić information content (AvgIpc) is 3.35. The summed E-state index contributed by atoms with van der Waals surface area (Å²) in [6.45, 7) is 3.55. The van der Waals surface area contributed by atoms with Crippen LogP contribution in [0.15, 0.2) is 47.2 Å². The topological polar surface area (TPSA) is 64.8 Å². The van der Waals surface area contributed by atoms with Gasteiger partial charge in [0, 0.05) is 30.6 Å². The standard InChI is InChI=1S/C24H30N4O2/c1-17-8-5-6-11-20(17)28-22-19-12-13-25-23(19)26-16-21(22)27(24(28)29)14-7-15-30-18-9-3-2-4-10-18/h2-3,9,12-13,16-17,20H,4-8,10-11,14-15H2,1H3,(H,25,26)/t17-,20+/m1/s1. The Bertz CT molecular complexity index is 1160. The number of aromatic amines is 1. The summed E-state index contributed by atoms with van der Waals surface area (Å²) in [5, 5.41) is 1.04. The van der Waals surface area contributed by atoms with Crippen molar-refractivity contribution >= 4 is 22.1 Å². The molecule has 30 heavy (non-hydrogen) atoms. The molecule has 0 bridgehead atoms. The fourth-order valence-electron chi connectivity index (χ4n) is 5.09. The number of allylic oxidation sites excluding steroid dienone is 4. The normalized spacial score (nSPS) is 22.0. The highest BCUT2D eigenvalue weighted by atomic mass is 16.5. The number of ether oxygens (including phenoxy) is 1. The van der Waals surface area contributed by atoms with E-state index >= 15 is 0 Å². The molecule has 1 saturated carbocycles. The molecule has 3 heterocycles. The van der Waals surface area contributed by atoms with E-state index in [1.807, 2.05) is 29.1 Å². The number of H-pyrrole nitrogens is 1. The molecule has 0 unspecified atom stereocenters. The van der Waals surface area contributed by atoms with Gasteiger partial charge in [0.25, 0.3) is 0 Å². The highest BCUT2D eigenvalue weighted by Crippen LogP contribution is 2.36. The first kappa shape index (κ1) is 19.2. The Morgan fingerprint density at radius 3 is 3.03 bits per heavy atom. The summed E-state index contributed by atoms with van der Waals surface area (Å²) in [7, 11) is 0. The number of nitrogens with one attached hydrogen (secondary N) is 1. The van der Waals surface area contributed by atoms with Crippen molar-refractivity contribution in [2.45, 2.75) is 64.5 Å². The van der Waals surface area contributed by atoms with E-state index in [2.05, 4.69) is 33.6 Å². The zero-order chi connectivity index (χ0) is 20.5. The van der Waals surface area contributed by atoms with E-state index in [4.69, 9.17) is 4.74 Å². The Hall–Kier alpha value is -2.76. The molecule has 6 heteroatoms. The van der Waals surface area contributed by atoms with Crippen LogP contribution in [-0.4, -0.2) is 25.7 Å². The summed E-state index contributed by atoms with van der Waals surface area (Å²) in [6, 6.07) is 2.30. The lowest BCUT2D eigenvalue weighted by molar-refractivity contribution is 0.193. The summed E-state index contributed by atoms with van der Waals surface area (Å²) < 4.78 is 9.91. The van der Waals surface area contributed by atoms with Gasteiger partial charge in [-0.05, 0) is 43.7 Å². The lowest BCUT2D eigenvalue weighted by Crippen LogP contribution is -2.32. The van der Waals surface area contributed by atoms with E-state index in [1.165, 1.54) is 19.3 Å². The predicted octanol–water partition coefficient (Wildman–Crippen LogP) is 5.07. The van der Waals surface area contributed by atoms with Crippen molar-refractivity contribution in [2.24, 2.45) is 5.92 Å². The van der Waals surface area contributed by atoms with Crippen LogP contribution in [0.1, 0.15) is 57.9 Å². The Morgan fingerprint density at radius 1 is 1.30 bits per heavy atom. The molecule has 0 radical (unpaired) electrons. The molecule has 3 aromatic rings. The van der Waals surface area contributed by atoms with Gasteiger partial charge in [-0.3, -0.25) is 9.13 Å². The van der Waals surface area contributed by atoms with Crippen molar-refractivity contribution in [3.8, 4) is 0 Å². The summed E-state index contributed by atoms with van der Waals surface area (Å²) in [4.78, 5) is 21.4. The minimum absolute atomic E-state index is 0.0964. The zero-order valence-corrected chi connectivity index (χ0v) is 17.6. The Kier molecular flexibility index (Phi) is 5.23. The monoisotopic (exact) mass is 406 g/mol. The zero-order valence-electron chi connectivity index (χ0n) is 17.6.